The van der Waals surface area contributed by atoms with Gasteiger partial charge in [0.25, 0.3) is 5.91 Å². The minimum absolute atomic E-state index is 0. The molecule has 1 atom stereocenters. The van der Waals surface area contributed by atoms with Crippen LogP contribution in [-0.4, -0.2) is 42.6 Å². The van der Waals surface area contributed by atoms with Crippen molar-refractivity contribution >= 4 is 41.7 Å². The molecule has 0 bridgehead atoms. The van der Waals surface area contributed by atoms with Crippen molar-refractivity contribution in [1.82, 2.24) is 10.6 Å². The quantitative estimate of drug-likeness (QED) is 0.594. The Kier molecular flexibility index (Phi) is 9.31. The van der Waals surface area contributed by atoms with Gasteiger partial charge in [-0.1, -0.05) is 24.3 Å². The molecular weight excluding hydrogens is 410 g/mol. The molecule has 0 aliphatic carbocycles. The molecule has 2 aromatic carbocycles. The zero-order valence-electron chi connectivity index (χ0n) is 16.3. The molecule has 0 spiro atoms. The van der Waals surface area contributed by atoms with Gasteiger partial charge in [-0.3, -0.25) is 14.9 Å². The molecule has 0 aromatic heterocycles. The van der Waals surface area contributed by atoms with Crippen molar-refractivity contribution in [3.63, 3.8) is 0 Å². The number of carbonyl (C=O) groups excluding carboxylic acids is 2. The fourth-order valence-electron chi connectivity index (χ4n) is 2.84. The van der Waals surface area contributed by atoms with Gasteiger partial charge < -0.3 is 15.4 Å². The van der Waals surface area contributed by atoms with E-state index >= 15 is 0 Å². The molecule has 0 radical (unpaired) electrons. The summed E-state index contributed by atoms with van der Waals surface area (Å²) in [6.07, 6.45) is 0.750. The first-order valence-corrected chi connectivity index (χ1v) is 10.4. The van der Waals surface area contributed by atoms with E-state index in [0.717, 1.165) is 34.9 Å². The van der Waals surface area contributed by atoms with Crippen molar-refractivity contribution in [2.45, 2.75) is 19.4 Å². The number of carbonyl (C=O) groups is 2. The number of rotatable bonds is 8. The zero-order chi connectivity index (χ0) is 19.8. The second-order valence-electron chi connectivity index (χ2n) is 6.66. The molecule has 3 rings (SSSR count). The highest BCUT2D eigenvalue weighted by molar-refractivity contribution is 7.99. The van der Waals surface area contributed by atoms with Gasteiger partial charge in [-0.25, -0.2) is 0 Å². The minimum Gasteiger partial charge on any atom is -0.484 e. The molecule has 1 heterocycles. The summed E-state index contributed by atoms with van der Waals surface area (Å²) in [6.45, 7) is 2.53. The average molecular weight is 436 g/mol. The van der Waals surface area contributed by atoms with Gasteiger partial charge in [0.1, 0.15) is 5.75 Å². The Hall–Kier alpha value is -2.22. The van der Waals surface area contributed by atoms with Gasteiger partial charge in [-0.15, -0.1) is 24.2 Å². The molecule has 1 aliphatic heterocycles. The first kappa shape index (κ1) is 23.1. The molecule has 1 aliphatic rings. The second-order valence-corrected chi connectivity index (χ2v) is 7.69. The lowest BCUT2D eigenvalue weighted by molar-refractivity contribution is -0.122. The maximum absolute atomic E-state index is 12.0. The zero-order valence-corrected chi connectivity index (χ0v) is 17.9. The Labute approximate surface area is 181 Å². The van der Waals surface area contributed by atoms with Gasteiger partial charge in [-0.2, -0.15) is 0 Å². The maximum Gasteiger partial charge on any atom is 0.262 e. The van der Waals surface area contributed by atoms with Crippen molar-refractivity contribution in [2.24, 2.45) is 0 Å². The van der Waals surface area contributed by atoms with Crippen molar-refractivity contribution in [3.8, 4) is 5.75 Å². The summed E-state index contributed by atoms with van der Waals surface area (Å²) >= 11 is 1.74. The monoisotopic (exact) mass is 435 g/mol. The van der Waals surface area contributed by atoms with Gasteiger partial charge in [0, 0.05) is 23.9 Å². The Morgan fingerprint density at radius 3 is 2.69 bits per heavy atom. The molecule has 2 amide bonds. The number of ether oxygens (including phenoxy) is 1. The first-order valence-electron chi connectivity index (χ1n) is 9.27. The fourth-order valence-corrected chi connectivity index (χ4v) is 3.78. The van der Waals surface area contributed by atoms with Crippen LogP contribution in [-0.2, 0) is 16.0 Å². The van der Waals surface area contributed by atoms with Crippen molar-refractivity contribution < 1.29 is 14.3 Å². The van der Waals surface area contributed by atoms with Crippen LogP contribution < -0.4 is 20.7 Å². The number of anilines is 1. The summed E-state index contributed by atoms with van der Waals surface area (Å²) in [5.41, 5.74) is 2.95. The summed E-state index contributed by atoms with van der Waals surface area (Å²) < 4.78 is 5.54. The molecule has 6 nitrogen and oxygen atoms in total. The second kappa shape index (κ2) is 11.7. The summed E-state index contributed by atoms with van der Waals surface area (Å²) in [5, 5.41) is 8.93. The molecule has 156 valence electrons. The van der Waals surface area contributed by atoms with Crippen LogP contribution in [0.25, 0.3) is 0 Å². The van der Waals surface area contributed by atoms with E-state index in [1.54, 1.807) is 11.8 Å². The van der Waals surface area contributed by atoms with E-state index in [4.69, 9.17) is 4.74 Å². The van der Waals surface area contributed by atoms with Gasteiger partial charge in [-0.05, 0) is 48.7 Å². The van der Waals surface area contributed by atoms with Crippen LogP contribution in [0.5, 0.6) is 5.75 Å². The van der Waals surface area contributed by atoms with E-state index in [2.05, 4.69) is 16.0 Å². The van der Waals surface area contributed by atoms with Crippen molar-refractivity contribution in [2.75, 3.05) is 30.1 Å². The molecule has 8 heteroatoms. The molecule has 1 unspecified atom stereocenters. The Morgan fingerprint density at radius 1 is 1.21 bits per heavy atom. The number of hydrogen-bond donors (Lipinski definition) is 3. The highest BCUT2D eigenvalue weighted by Crippen LogP contribution is 2.14. The van der Waals surface area contributed by atoms with E-state index in [0.29, 0.717) is 12.3 Å². The number of nitrogens with one attached hydrogen (secondary N) is 3. The summed E-state index contributed by atoms with van der Waals surface area (Å²) in [4.78, 5) is 23.9. The standard InChI is InChI=1S/C21H25N3O3S.ClH/c1-15-3-2-4-17(11-15)24-20(25)12-27-18-7-5-16(6-8-18)9-10-22-21(26)19-13-28-14-23-19;/h2-8,11,19,23H,9-10,12-14H2,1H3,(H,22,26)(H,24,25);1H. The summed E-state index contributed by atoms with van der Waals surface area (Å²) in [6, 6.07) is 15.1. The predicted octanol–water partition coefficient (Wildman–Crippen LogP) is 2.76. The van der Waals surface area contributed by atoms with Crippen molar-refractivity contribution in [3.05, 3.63) is 59.7 Å². The summed E-state index contributed by atoms with van der Waals surface area (Å²) in [5.74, 6) is 2.16. The highest BCUT2D eigenvalue weighted by Gasteiger charge is 2.21. The number of halogens is 1. The van der Waals surface area contributed by atoms with Gasteiger partial charge >= 0.3 is 0 Å². The normalized spacial score (nSPS) is 15.3. The fraction of sp³-hybridized carbons (Fsp3) is 0.333. The molecule has 1 fully saturated rings. The van der Waals surface area contributed by atoms with Crippen LogP contribution in [0, 0.1) is 6.92 Å². The van der Waals surface area contributed by atoms with Crippen LogP contribution in [0.1, 0.15) is 11.1 Å². The molecule has 3 N–H and O–H groups in total. The highest BCUT2D eigenvalue weighted by atomic mass is 35.5. The van der Waals surface area contributed by atoms with Crippen LogP contribution in [0.15, 0.2) is 48.5 Å². The molecule has 0 saturated carbocycles. The van der Waals surface area contributed by atoms with E-state index in [9.17, 15) is 9.59 Å². The maximum atomic E-state index is 12.0. The lowest BCUT2D eigenvalue weighted by atomic mass is 10.1. The van der Waals surface area contributed by atoms with E-state index in [1.165, 1.54) is 0 Å². The number of thioether (sulfide) groups is 1. The minimum atomic E-state index is -0.198. The Morgan fingerprint density at radius 2 is 2.00 bits per heavy atom. The number of amides is 2. The topological polar surface area (TPSA) is 79.5 Å². The van der Waals surface area contributed by atoms with Crippen molar-refractivity contribution in [1.29, 1.82) is 0 Å². The molecule has 29 heavy (non-hydrogen) atoms. The van der Waals surface area contributed by atoms with E-state index < -0.39 is 0 Å². The summed E-state index contributed by atoms with van der Waals surface area (Å²) in [7, 11) is 0. The van der Waals surface area contributed by atoms with Gasteiger partial charge in [0.2, 0.25) is 5.91 Å². The van der Waals surface area contributed by atoms with Crippen LogP contribution in [0.2, 0.25) is 0 Å². The van der Waals surface area contributed by atoms with E-state index in [-0.39, 0.29) is 36.9 Å². The van der Waals surface area contributed by atoms with Crippen LogP contribution >= 0.6 is 24.2 Å². The molecular formula is C21H26ClN3O3S. The third-order valence-electron chi connectivity index (χ3n) is 4.34. The average Bonchev–Trinajstić information content (AvgIpc) is 3.22. The third-order valence-corrected chi connectivity index (χ3v) is 5.28. The number of hydrogen-bond acceptors (Lipinski definition) is 5. The lowest BCUT2D eigenvalue weighted by Crippen LogP contribution is -2.42. The number of benzene rings is 2. The van der Waals surface area contributed by atoms with Gasteiger partial charge in [0.05, 0.1) is 6.04 Å². The molecule has 2 aromatic rings. The lowest BCUT2D eigenvalue weighted by Gasteiger charge is -2.11. The van der Waals surface area contributed by atoms with E-state index in [1.807, 2.05) is 55.5 Å². The Balaban J connectivity index is 0.00000300. The molecule has 1 saturated heterocycles. The smallest absolute Gasteiger partial charge is 0.262 e. The van der Waals surface area contributed by atoms with Gasteiger partial charge in [0.15, 0.2) is 6.61 Å². The van der Waals surface area contributed by atoms with Crippen LogP contribution in [0.4, 0.5) is 5.69 Å². The van der Waals surface area contributed by atoms with Crippen LogP contribution in [0.3, 0.4) is 0 Å². The predicted molar refractivity (Wildman–Crippen MR) is 120 cm³/mol. The third kappa shape index (κ3) is 7.61. The first-order chi connectivity index (χ1) is 13.6. The Bertz CT molecular complexity index is 811. The SMILES string of the molecule is Cc1cccc(NC(=O)COc2ccc(CCNC(=O)C3CSCN3)cc2)c1.Cl. The number of aryl methyl sites for hydroxylation is 1. The largest absolute Gasteiger partial charge is 0.484 e.